The van der Waals surface area contributed by atoms with Gasteiger partial charge in [-0.3, -0.25) is 9.59 Å². The normalized spacial score (nSPS) is 19.5. The van der Waals surface area contributed by atoms with Gasteiger partial charge >= 0.3 is 0 Å². The highest BCUT2D eigenvalue weighted by atomic mass is 16.2. The maximum atomic E-state index is 11.6. The summed E-state index contributed by atoms with van der Waals surface area (Å²) < 4.78 is 0. The Bertz CT molecular complexity index is 248. The summed E-state index contributed by atoms with van der Waals surface area (Å²) in [6, 6.07) is -0.0236. The van der Waals surface area contributed by atoms with Crippen molar-refractivity contribution in [2.24, 2.45) is 0 Å². The minimum absolute atomic E-state index is 0.0236. The van der Waals surface area contributed by atoms with E-state index in [1.807, 2.05) is 0 Å². The minimum atomic E-state index is -0.0236. The number of amides is 2. The summed E-state index contributed by atoms with van der Waals surface area (Å²) in [5.41, 5.74) is 0. The Balaban J connectivity index is 2.06. The summed E-state index contributed by atoms with van der Waals surface area (Å²) in [5.74, 6) is 0.169. The summed E-state index contributed by atoms with van der Waals surface area (Å²) in [6.07, 6.45) is 3.18. The molecule has 0 aromatic rings. The zero-order valence-corrected chi connectivity index (χ0v) is 10.1. The molecule has 5 nitrogen and oxygen atoms in total. The Morgan fingerprint density at radius 2 is 2.19 bits per heavy atom. The van der Waals surface area contributed by atoms with Crippen molar-refractivity contribution in [3.05, 3.63) is 0 Å². The molecule has 16 heavy (non-hydrogen) atoms. The fourth-order valence-electron chi connectivity index (χ4n) is 1.71. The van der Waals surface area contributed by atoms with Crippen molar-refractivity contribution in [1.82, 2.24) is 15.5 Å². The van der Waals surface area contributed by atoms with E-state index in [0.717, 1.165) is 19.4 Å². The number of carbonyl (C=O) groups excluding carboxylic acids is 2. The molecule has 0 aromatic carbocycles. The quantitative estimate of drug-likeness (QED) is 0.635. The second-order valence-corrected chi connectivity index (χ2v) is 4.33. The Hall–Kier alpha value is -1.10. The van der Waals surface area contributed by atoms with Crippen LogP contribution < -0.4 is 10.6 Å². The zero-order valence-electron chi connectivity index (χ0n) is 10.1. The molecule has 0 spiro atoms. The van der Waals surface area contributed by atoms with Crippen LogP contribution in [0.2, 0.25) is 0 Å². The second-order valence-electron chi connectivity index (χ2n) is 4.33. The average molecular weight is 227 g/mol. The van der Waals surface area contributed by atoms with E-state index in [9.17, 15) is 9.59 Å². The number of nitrogens with one attached hydrogen (secondary N) is 2. The van der Waals surface area contributed by atoms with Gasteiger partial charge in [-0.05, 0) is 25.8 Å². The van der Waals surface area contributed by atoms with Gasteiger partial charge in [0, 0.05) is 27.1 Å². The van der Waals surface area contributed by atoms with Gasteiger partial charge in [-0.25, -0.2) is 0 Å². The molecule has 1 fully saturated rings. The third-order valence-corrected chi connectivity index (χ3v) is 2.74. The molecule has 0 aromatic heterocycles. The van der Waals surface area contributed by atoms with Crippen LogP contribution in [0, 0.1) is 0 Å². The van der Waals surface area contributed by atoms with Crippen LogP contribution in [0.5, 0.6) is 0 Å². The third kappa shape index (κ3) is 4.18. The van der Waals surface area contributed by atoms with Crippen molar-refractivity contribution in [3.63, 3.8) is 0 Å². The topological polar surface area (TPSA) is 61.4 Å². The fraction of sp³-hybridized carbons (Fsp3) is 0.818. The van der Waals surface area contributed by atoms with E-state index in [-0.39, 0.29) is 17.9 Å². The molecule has 1 atom stereocenters. The molecule has 1 unspecified atom stereocenters. The van der Waals surface area contributed by atoms with E-state index in [0.29, 0.717) is 19.4 Å². The largest absolute Gasteiger partial charge is 0.355 e. The van der Waals surface area contributed by atoms with Gasteiger partial charge in [-0.1, -0.05) is 0 Å². The molecule has 5 heteroatoms. The molecular formula is C11H21N3O2. The lowest BCUT2D eigenvalue weighted by Gasteiger charge is -2.12. The van der Waals surface area contributed by atoms with Gasteiger partial charge in [0.05, 0.1) is 6.04 Å². The lowest BCUT2D eigenvalue weighted by molar-refractivity contribution is -0.129. The Morgan fingerprint density at radius 3 is 2.75 bits per heavy atom. The lowest BCUT2D eigenvalue weighted by atomic mass is 10.2. The highest BCUT2D eigenvalue weighted by Gasteiger charge is 2.21. The van der Waals surface area contributed by atoms with Crippen molar-refractivity contribution in [2.45, 2.75) is 31.7 Å². The van der Waals surface area contributed by atoms with E-state index >= 15 is 0 Å². The molecule has 1 aliphatic rings. The molecule has 1 saturated heterocycles. The molecule has 2 N–H and O–H groups in total. The molecule has 1 rings (SSSR count). The van der Waals surface area contributed by atoms with Crippen LogP contribution in [-0.2, 0) is 9.59 Å². The SMILES string of the molecule is CN(C)C(=O)CCCNC(=O)C1CCCN1. The van der Waals surface area contributed by atoms with Gasteiger partial charge in [0.1, 0.15) is 0 Å². The average Bonchev–Trinajstić information content (AvgIpc) is 2.76. The summed E-state index contributed by atoms with van der Waals surface area (Å²) in [6.45, 7) is 1.51. The summed E-state index contributed by atoms with van der Waals surface area (Å²) in [5, 5.41) is 5.98. The predicted molar refractivity (Wildman–Crippen MR) is 62.0 cm³/mol. The summed E-state index contributed by atoms with van der Waals surface area (Å²) in [4.78, 5) is 24.4. The first kappa shape index (κ1) is 13.0. The first-order chi connectivity index (χ1) is 7.61. The van der Waals surface area contributed by atoms with Gasteiger partial charge in [0.25, 0.3) is 0 Å². The van der Waals surface area contributed by atoms with Crippen LogP contribution >= 0.6 is 0 Å². The van der Waals surface area contributed by atoms with E-state index in [1.54, 1.807) is 19.0 Å². The van der Waals surface area contributed by atoms with Crippen molar-refractivity contribution < 1.29 is 9.59 Å². The van der Waals surface area contributed by atoms with Crippen molar-refractivity contribution >= 4 is 11.8 Å². The first-order valence-electron chi connectivity index (χ1n) is 5.82. The number of hydrogen-bond donors (Lipinski definition) is 2. The van der Waals surface area contributed by atoms with Gasteiger partial charge < -0.3 is 15.5 Å². The second kappa shape index (κ2) is 6.48. The van der Waals surface area contributed by atoms with Gasteiger partial charge in [-0.15, -0.1) is 0 Å². The summed E-state index contributed by atoms with van der Waals surface area (Å²) in [7, 11) is 3.48. The highest BCUT2D eigenvalue weighted by Crippen LogP contribution is 2.04. The Morgan fingerprint density at radius 1 is 1.44 bits per heavy atom. The van der Waals surface area contributed by atoms with Crippen molar-refractivity contribution in [3.8, 4) is 0 Å². The molecule has 1 aliphatic heterocycles. The van der Waals surface area contributed by atoms with E-state index in [1.165, 1.54) is 0 Å². The Kier molecular flexibility index (Phi) is 5.25. The van der Waals surface area contributed by atoms with Crippen LogP contribution in [0.15, 0.2) is 0 Å². The fourth-order valence-corrected chi connectivity index (χ4v) is 1.71. The van der Waals surface area contributed by atoms with Gasteiger partial charge in [0.2, 0.25) is 11.8 Å². The van der Waals surface area contributed by atoms with Crippen LogP contribution in [0.4, 0.5) is 0 Å². The molecule has 92 valence electrons. The van der Waals surface area contributed by atoms with Crippen LogP contribution in [0.3, 0.4) is 0 Å². The van der Waals surface area contributed by atoms with Crippen LogP contribution in [0.1, 0.15) is 25.7 Å². The van der Waals surface area contributed by atoms with E-state index in [4.69, 9.17) is 0 Å². The molecule has 0 saturated carbocycles. The first-order valence-corrected chi connectivity index (χ1v) is 5.82. The van der Waals surface area contributed by atoms with Gasteiger partial charge in [-0.2, -0.15) is 0 Å². The smallest absolute Gasteiger partial charge is 0.237 e. The van der Waals surface area contributed by atoms with Crippen LogP contribution in [0.25, 0.3) is 0 Å². The predicted octanol–water partition coefficient (Wildman–Crippen LogP) is -0.277. The number of nitrogens with zero attached hydrogens (tertiary/aromatic N) is 1. The van der Waals surface area contributed by atoms with E-state index in [2.05, 4.69) is 10.6 Å². The number of rotatable bonds is 5. The monoisotopic (exact) mass is 227 g/mol. The number of hydrogen-bond acceptors (Lipinski definition) is 3. The Labute approximate surface area is 96.6 Å². The molecular weight excluding hydrogens is 206 g/mol. The van der Waals surface area contributed by atoms with Crippen molar-refractivity contribution in [2.75, 3.05) is 27.2 Å². The standard InChI is InChI=1S/C11H21N3O2/c1-14(2)10(15)6-4-8-13-11(16)9-5-3-7-12-9/h9,12H,3-8H2,1-2H3,(H,13,16). The molecule has 0 bridgehead atoms. The third-order valence-electron chi connectivity index (χ3n) is 2.74. The summed E-state index contributed by atoms with van der Waals surface area (Å²) >= 11 is 0. The molecule has 2 amide bonds. The highest BCUT2D eigenvalue weighted by molar-refractivity contribution is 5.82. The van der Waals surface area contributed by atoms with Crippen LogP contribution in [-0.4, -0.2) is 49.9 Å². The molecule has 0 aliphatic carbocycles. The van der Waals surface area contributed by atoms with E-state index < -0.39 is 0 Å². The lowest BCUT2D eigenvalue weighted by Crippen LogP contribution is -2.40. The maximum Gasteiger partial charge on any atom is 0.237 e. The molecule has 0 radical (unpaired) electrons. The maximum absolute atomic E-state index is 11.6. The van der Waals surface area contributed by atoms with Crippen molar-refractivity contribution in [1.29, 1.82) is 0 Å². The number of carbonyl (C=O) groups is 2. The molecule has 1 heterocycles. The minimum Gasteiger partial charge on any atom is -0.355 e. The zero-order chi connectivity index (χ0) is 12.0. The van der Waals surface area contributed by atoms with Gasteiger partial charge in [0.15, 0.2) is 0 Å².